The Balaban J connectivity index is 1.67. The quantitative estimate of drug-likeness (QED) is 0.738. The molecule has 0 radical (unpaired) electrons. The van der Waals surface area contributed by atoms with Crippen LogP contribution in [0.4, 0.5) is 15.5 Å². The normalized spacial score (nSPS) is 13.7. The molecule has 9 heteroatoms. The summed E-state index contributed by atoms with van der Waals surface area (Å²) < 4.78 is 5.72. The molecule has 2 aromatic heterocycles. The highest BCUT2D eigenvalue weighted by atomic mass is 35.5. The van der Waals surface area contributed by atoms with Crippen LogP contribution < -0.4 is 11.1 Å². The number of nitrogens with two attached hydrogens (primary N) is 1. The van der Waals surface area contributed by atoms with Crippen molar-refractivity contribution in [3.05, 3.63) is 37.9 Å². The van der Waals surface area contributed by atoms with E-state index in [1.54, 1.807) is 24.0 Å². The third-order valence-electron chi connectivity index (χ3n) is 3.85. The van der Waals surface area contributed by atoms with Gasteiger partial charge in [0.2, 0.25) is 5.91 Å². The van der Waals surface area contributed by atoms with Gasteiger partial charge in [-0.05, 0) is 37.1 Å². The van der Waals surface area contributed by atoms with Gasteiger partial charge in [0.15, 0.2) is 0 Å². The van der Waals surface area contributed by atoms with Crippen molar-refractivity contribution in [3.63, 3.8) is 0 Å². The molecule has 0 aromatic carbocycles. The number of rotatable bonds is 4. The topological polar surface area (TPSA) is 84.7 Å². The van der Waals surface area contributed by atoms with E-state index in [4.69, 9.17) is 22.1 Å². The molecule has 3 heterocycles. The first-order valence-electron chi connectivity index (χ1n) is 8.04. The first-order chi connectivity index (χ1) is 12.5. The number of nitrogen functional groups attached to an aromatic ring is 1. The number of carbonyl (C=O) groups is 2. The van der Waals surface area contributed by atoms with Crippen LogP contribution in [0, 0.1) is 0 Å². The Morgan fingerprint density at radius 3 is 2.92 bits per heavy atom. The molecule has 1 aliphatic rings. The number of ether oxygens (including phenoxy) is 1. The molecule has 2 aromatic rings. The highest BCUT2D eigenvalue weighted by Gasteiger charge is 2.26. The van der Waals surface area contributed by atoms with Gasteiger partial charge in [0.05, 0.1) is 23.2 Å². The van der Waals surface area contributed by atoms with Gasteiger partial charge in [0, 0.05) is 22.4 Å². The summed E-state index contributed by atoms with van der Waals surface area (Å²) in [6, 6.07) is 3.63. The van der Waals surface area contributed by atoms with Gasteiger partial charge in [-0.25, -0.2) is 4.79 Å². The van der Waals surface area contributed by atoms with Crippen molar-refractivity contribution in [2.24, 2.45) is 0 Å². The van der Waals surface area contributed by atoms with Crippen LogP contribution in [0.15, 0.2) is 18.2 Å². The number of fused-ring (bicyclic) bond motifs is 1. The lowest BCUT2D eigenvalue weighted by atomic mass is 10.1. The molecule has 6 nitrogen and oxygen atoms in total. The van der Waals surface area contributed by atoms with Crippen molar-refractivity contribution in [3.8, 4) is 0 Å². The number of nitrogens with zero attached hydrogens (tertiary/aromatic N) is 1. The smallest absolute Gasteiger partial charge is 0.410 e. The van der Waals surface area contributed by atoms with Crippen molar-refractivity contribution in [1.29, 1.82) is 0 Å². The number of carbonyl (C=O) groups excluding carboxylic acids is 2. The maximum Gasteiger partial charge on any atom is 0.410 e. The Hall–Kier alpha value is -2.03. The number of hydrogen-bond donors (Lipinski definition) is 2. The van der Waals surface area contributed by atoms with Gasteiger partial charge < -0.3 is 20.7 Å². The van der Waals surface area contributed by atoms with Gasteiger partial charge in [-0.15, -0.1) is 22.7 Å². The van der Waals surface area contributed by atoms with Crippen molar-refractivity contribution in [1.82, 2.24) is 4.90 Å². The molecule has 0 spiro atoms. The van der Waals surface area contributed by atoms with Gasteiger partial charge >= 0.3 is 6.09 Å². The molecule has 0 aliphatic carbocycles. The van der Waals surface area contributed by atoms with Crippen LogP contribution >= 0.6 is 34.3 Å². The maximum atomic E-state index is 12.2. The molecule has 0 fully saturated rings. The molecule has 0 saturated carbocycles. The third-order valence-corrected chi connectivity index (χ3v) is 6.20. The SMILES string of the molecule is CCOC(=O)N1CCc2c(sc(NC(=O)/C=C/c3ccc(Cl)s3)c2N)C1. The monoisotopic (exact) mass is 411 g/mol. The fourth-order valence-electron chi connectivity index (χ4n) is 2.62. The lowest BCUT2D eigenvalue weighted by molar-refractivity contribution is -0.111. The van der Waals surface area contributed by atoms with E-state index in [9.17, 15) is 9.59 Å². The van der Waals surface area contributed by atoms with Crippen LogP contribution in [0.25, 0.3) is 6.08 Å². The van der Waals surface area contributed by atoms with Gasteiger partial charge in [0.25, 0.3) is 0 Å². The second-order valence-electron chi connectivity index (χ2n) is 5.58. The van der Waals surface area contributed by atoms with Crippen LogP contribution in [-0.2, 0) is 22.5 Å². The summed E-state index contributed by atoms with van der Waals surface area (Å²) in [6.45, 7) is 3.13. The fraction of sp³-hybridized carbons (Fsp3) is 0.294. The molecule has 2 amide bonds. The number of hydrogen-bond acceptors (Lipinski definition) is 6. The van der Waals surface area contributed by atoms with Crippen LogP contribution in [0.2, 0.25) is 4.34 Å². The minimum atomic E-state index is -0.326. The predicted octanol–water partition coefficient (Wildman–Crippen LogP) is 4.21. The minimum Gasteiger partial charge on any atom is -0.450 e. The largest absolute Gasteiger partial charge is 0.450 e. The summed E-state index contributed by atoms with van der Waals surface area (Å²) in [6.07, 6.45) is 3.48. The number of amides is 2. The van der Waals surface area contributed by atoms with E-state index in [2.05, 4.69) is 5.32 Å². The van der Waals surface area contributed by atoms with Crippen LogP contribution in [-0.4, -0.2) is 30.1 Å². The zero-order chi connectivity index (χ0) is 18.7. The summed E-state index contributed by atoms with van der Waals surface area (Å²) in [7, 11) is 0. The summed E-state index contributed by atoms with van der Waals surface area (Å²) in [5.41, 5.74) is 7.76. The van der Waals surface area contributed by atoms with Gasteiger partial charge in [-0.3, -0.25) is 4.79 Å². The van der Waals surface area contributed by atoms with Crippen molar-refractivity contribution in [2.45, 2.75) is 19.9 Å². The molecule has 0 saturated heterocycles. The first-order valence-corrected chi connectivity index (χ1v) is 10.0. The second kappa shape index (κ2) is 8.11. The fourth-order valence-corrected chi connectivity index (χ4v) is 4.77. The van der Waals surface area contributed by atoms with E-state index in [0.29, 0.717) is 41.1 Å². The minimum absolute atomic E-state index is 0.262. The standard InChI is InChI=1S/C17H18ClN3O3S2/c1-2-24-17(23)21-8-7-11-12(9-21)26-16(15(11)19)20-14(22)6-4-10-3-5-13(18)25-10/h3-6H,2,7-9,19H2,1H3,(H,20,22)/b6-4+. The zero-order valence-corrected chi connectivity index (χ0v) is 16.5. The molecule has 138 valence electrons. The maximum absolute atomic E-state index is 12.2. The summed E-state index contributed by atoms with van der Waals surface area (Å²) >= 11 is 8.66. The molecule has 0 bridgehead atoms. The number of thiophene rings is 2. The highest BCUT2D eigenvalue weighted by molar-refractivity contribution is 7.17. The van der Waals surface area contributed by atoms with Crippen LogP contribution in [0.3, 0.4) is 0 Å². The summed E-state index contributed by atoms with van der Waals surface area (Å²) in [5, 5.41) is 3.43. The Bertz CT molecular complexity index is 860. The highest BCUT2D eigenvalue weighted by Crippen LogP contribution is 2.39. The molecule has 3 N–H and O–H groups in total. The number of nitrogens with one attached hydrogen (secondary N) is 1. The molecule has 26 heavy (non-hydrogen) atoms. The Kier molecular flexibility index (Phi) is 5.85. The molecular weight excluding hydrogens is 394 g/mol. The van der Waals surface area contributed by atoms with Gasteiger partial charge in [-0.2, -0.15) is 0 Å². The van der Waals surface area contributed by atoms with E-state index in [-0.39, 0.29) is 12.0 Å². The predicted molar refractivity (Wildman–Crippen MR) is 107 cm³/mol. The second-order valence-corrected chi connectivity index (χ2v) is 8.43. The molecular formula is C17H18ClN3O3S2. The van der Waals surface area contributed by atoms with Crippen molar-refractivity contribution < 1.29 is 14.3 Å². The summed E-state index contributed by atoms with van der Waals surface area (Å²) in [4.78, 5) is 27.6. The van der Waals surface area contributed by atoms with Gasteiger partial charge in [-0.1, -0.05) is 11.6 Å². The molecule has 3 rings (SSSR count). The Labute approximate surface area is 164 Å². The average molecular weight is 412 g/mol. The number of halogens is 1. The Morgan fingerprint density at radius 1 is 1.42 bits per heavy atom. The first kappa shape index (κ1) is 18.8. The van der Waals surface area contributed by atoms with E-state index < -0.39 is 0 Å². The Morgan fingerprint density at radius 2 is 2.23 bits per heavy atom. The van der Waals surface area contributed by atoms with E-state index in [1.165, 1.54) is 28.7 Å². The lowest BCUT2D eigenvalue weighted by Crippen LogP contribution is -2.35. The lowest BCUT2D eigenvalue weighted by Gasteiger charge is -2.26. The molecule has 0 unspecified atom stereocenters. The van der Waals surface area contributed by atoms with Crippen LogP contribution in [0.1, 0.15) is 22.2 Å². The van der Waals surface area contributed by atoms with Crippen LogP contribution in [0.5, 0.6) is 0 Å². The van der Waals surface area contributed by atoms with E-state index in [1.807, 2.05) is 6.07 Å². The van der Waals surface area contributed by atoms with Crippen molar-refractivity contribution >= 4 is 63.0 Å². The number of anilines is 2. The average Bonchev–Trinajstić information content (AvgIpc) is 3.16. The van der Waals surface area contributed by atoms with E-state index >= 15 is 0 Å². The third kappa shape index (κ3) is 4.20. The zero-order valence-electron chi connectivity index (χ0n) is 14.1. The van der Waals surface area contributed by atoms with Crippen molar-refractivity contribution in [2.75, 3.05) is 24.2 Å². The molecule has 0 atom stereocenters. The van der Waals surface area contributed by atoms with E-state index in [0.717, 1.165) is 15.3 Å². The molecule has 1 aliphatic heterocycles. The summed E-state index contributed by atoms with van der Waals surface area (Å²) in [5.74, 6) is -0.262. The van der Waals surface area contributed by atoms with Gasteiger partial charge in [0.1, 0.15) is 5.00 Å².